The van der Waals surface area contributed by atoms with Crippen LogP contribution in [0.4, 0.5) is 4.79 Å². The highest BCUT2D eigenvalue weighted by molar-refractivity contribution is 5.71. The largest absolute Gasteiger partial charge is 0.448 e. The highest BCUT2D eigenvalue weighted by Gasteiger charge is 2.08. The molecule has 0 bridgehead atoms. The SMILES string of the molecule is CCOC(=O)n1ccc(-c2ccccc2)n1. The number of nitrogens with zero attached hydrogens (tertiary/aromatic N) is 2. The van der Waals surface area contributed by atoms with Gasteiger partial charge in [0.05, 0.1) is 12.3 Å². The first-order chi connectivity index (χ1) is 7.81. The van der Waals surface area contributed by atoms with Gasteiger partial charge in [-0.05, 0) is 13.0 Å². The van der Waals surface area contributed by atoms with E-state index in [-0.39, 0.29) is 0 Å². The lowest BCUT2D eigenvalue weighted by Crippen LogP contribution is -2.13. The van der Waals surface area contributed by atoms with Crippen molar-refractivity contribution in [1.29, 1.82) is 0 Å². The third kappa shape index (κ3) is 2.11. The number of carbonyl (C=O) groups is 1. The third-order valence-electron chi connectivity index (χ3n) is 2.11. The molecule has 0 aliphatic carbocycles. The fourth-order valence-electron chi connectivity index (χ4n) is 1.38. The minimum absolute atomic E-state index is 0.347. The molecule has 0 spiro atoms. The van der Waals surface area contributed by atoms with Gasteiger partial charge in [-0.3, -0.25) is 0 Å². The standard InChI is InChI=1S/C12H12N2O2/c1-2-16-12(15)14-9-8-11(13-14)10-6-4-3-5-7-10/h3-9H,2H2,1H3. The molecule has 0 atom stereocenters. The molecule has 16 heavy (non-hydrogen) atoms. The van der Waals surface area contributed by atoms with Crippen LogP contribution in [0.15, 0.2) is 42.6 Å². The molecule has 0 aliphatic rings. The Morgan fingerprint density at radius 2 is 2.06 bits per heavy atom. The molecule has 0 unspecified atom stereocenters. The van der Waals surface area contributed by atoms with Gasteiger partial charge < -0.3 is 4.74 Å². The van der Waals surface area contributed by atoms with Crippen LogP contribution in [0, 0.1) is 0 Å². The van der Waals surface area contributed by atoms with Gasteiger partial charge in [-0.2, -0.15) is 9.78 Å². The van der Waals surface area contributed by atoms with Crippen molar-refractivity contribution < 1.29 is 9.53 Å². The first kappa shape index (κ1) is 10.4. The summed E-state index contributed by atoms with van der Waals surface area (Å²) in [6, 6.07) is 11.5. The quantitative estimate of drug-likeness (QED) is 0.774. The lowest BCUT2D eigenvalue weighted by molar-refractivity contribution is 0.150. The van der Waals surface area contributed by atoms with Crippen LogP contribution in [0.25, 0.3) is 11.3 Å². The molecule has 0 N–H and O–H groups in total. The Morgan fingerprint density at radius 3 is 2.75 bits per heavy atom. The Bertz CT molecular complexity index is 477. The van der Waals surface area contributed by atoms with E-state index < -0.39 is 6.09 Å². The second-order valence-electron chi connectivity index (χ2n) is 3.21. The van der Waals surface area contributed by atoms with Crippen LogP contribution in [-0.2, 0) is 4.74 Å². The predicted molar refractivity (Wildman–Crippen MR) is 60.1 cm³/mol. The fourth-order valence-corrected chi connectivity index (χ4v) is 1.38. The topological polar surface area (TPSA) is 44.1 Å². The lowest BCUT2D eigenvalue weighted by Gasteiger charge is -1.99. The highest BCUT2D eigenvalue weighted by atomic mass is 16.5. The van der Waals surface area contributed by atoms with Crippen LogP contribution in [0.3, 0.4) is 0 Å². The summed E-state index contributed by atoms with van der Waals surface area (Å²) >= 11 is 0. The number of ether oxygens (including phenoxy) is 1. The molecule has 1 aromatic carbocycles. The third-order valence-corrected chi connectivity index (χ3v) is 2.11. The molecule has 1 aromatic heterocycles. The molecule has 82 valence electrons. The monoisotopic (exact) mass is 216 g/mol. The lowest BCUT2D eigenvalue weighted by atomic mass is 10.2. The zero-order valence-corrected chi connectivity index (χ0v) is 8.96. The highest BCUT2D eigenvalue weighted by Crippen LogP contribution is 2.15. The van der Waals surface area contributed by atoms with Gasteiger partial charge in [0, 0.05) is 11.8 Å². The Hall–Kier alpha value is -2.10. The van der Waals surface area contributed by atoms with E-state index >= 15 is 0 Å². The summed E-state index contributed by atoms with van der Waals surface area (Å²) in [4.78, 5) is 11.4. The number of carbonyl (C=O) groups excluding carboxylic acids is 1. The maximum atomic E-state index is 11.4. The van der Waals surface area contributed by atoms with Crippen LogP contribution in [0.1, 0.15) is 6.92 Å². The molecule has 2 rings (SSSR count). The summed E-state index contributed by atoms with van der Waals surface area (Å²) in [6.45, 7) is 2.11. The van der Waals surface area contributed by atoms with Crippen LogP contribution in [0.5, 0.6) is 0 Å². The molecule has 0 radical (unpaired) electrons. The van der Waals surface area contributed by atoms with Crippen molar-refractivity contribution in [2.75, 3.05) is 6.61 Å². The van der Waals surface area contributed by atoms with E-state index in [2.05, 4.69) is 5.10 Å². The molecule has 0 aliphatic heterocycles. The zero-order valence-electron chi connectivity index (χ0n) is 8.96. The summed E-state index contributed by atoms with van der Waals surface area (Å²) in [5.41, 5.74) is 1.74. The van der Waals surface area contributed by atoms with Gasteiger partial charge in [-0.15, -0.1) is 0 Å². The minimum atomic E-state index is -0.454. The van der Waals surface area contributed by atoms with E-state index in [9.17, 15) is 4.79 Å². The number of hydrogen-bond donors (Lipinski definition) is 0. The second kappa shape index (κ2) is 4.61. The molecule has 4 nitrogen and oxygen atoms in total. The van der Waals surface area contributed by atoms with Gasteiger partial charge in [-0.1, -0.05) is 30.3 Å². The van der Waals surface area contributed by atoms with Gasteiger partial charge in [0.25, 0.3) is 0 Å². The van der Waals surface area contributed by atoms with Gasteiger partial charge >= 0.3 is 6.09 Å². The van der Waals surface area contributed by atoms with E-state index in [0.717, 1.165) is 11.3 Å². The number of aromatic nitrogens is 2. The van der Waals surface area contributed by atoms with E-state index in [4.69, 9.17) is 4.74 Å². The summed E-state index contributed by atoms with van der Waals surface area (Å²) in [6.07, 6.45) is 1.14. The van der Waals surface area contributed by atoms with Crippen molar-refractivity contribution in [2.24, 2.45) is 0 Å². The minimum Gasteiger partial charge on any atom is -0.448 e. The van der Waals surface area contributed by atoms with Crippen molar-refractivity contribution in [2.45, 2.75) is 6.92 Å². The van der Waals surface area contributed by atoms with Crippen molar-refractivity contribution in [3.05, 3.63) is 42.6 Å². The fraction of sp³-hybridized carbons (Fsp3) is 0.167. The Kier molecular flexibility index (Phi) is 3.00. The van der Waals surface area contributed by atoms with E-state index in [1.165, 1.54) is 4.68 Å². The smallest absolute Gasteiger partial charge is 0.434 e. The van der Waals surface area contributed by atoms with Crippen LogP contribution < -0.4 is 0 Å². The maximum Gasteiger partial charge on any atom is 0.434 e. The molecule has 1 heterocycles. The second-order valence-corrected chi connectivity index (χ2v) is 3.21. The van der Waals surface area contributed by atoms with Gasteiger partial charge in [0.1, 0.15) is 0 Å². The van der Waals surface area contributed by atoms with Gasteiger partial charge in [0.2, 0.25) is 0 Å². The Morgan fingerprint density at radius 1 is 1.31 bits per heavy atom. The van der Waals surface area contributed by atoms with Crippen LogP contribution in [0.2, 0.25) is 0 Å². The van der Waals surface area contributed by atoms with Crippen LogP contribution in [-0.4, -0.2) is 22.5 Å². The molecule has 0 amide bonds. The van der Waals surface area contributed by atoms with E-state index in [1.807, 2.05) is 30.3 Å². The van der Waals surface area contributed by atoms with Crippen molar-refractivity contribution in [3.8, 4) is 11.3 Å². The normalized spacial score (nSPS) is 10.1. The summed E-state index contributed by atoms with van der Waals surface area (Å²) in [5, 5.41) is 4.14. The van der Waals surface area contributed by atoms with Crippen molar-refractivity contribution >= 4 is 6.09 Å². The average Bonchev–Trinajstić information content (AvgIpc) is 2.80. The zero-order chi connectivity index (χ0) is 11.4. The molecular weight excluding hydrogens is 204 g/mol. The molecule has 2 aromatic rings. The molecule has 0 saturated heterocycles. The maximum absolute atomic E-state index is 11.4. The van der Waals surface area contributed by atoms with Crippen molar-refractivity contribution in [3.63, 3.8) is 0 Å². The molecule has 0 fully saturated rings. The van der Waals surface area contributed by atoms with Crippen molar-refractivity contribution in [1.82, 2.24) is 9.78 Å². The van der Waals surface area contributed by atoms with Gasteiger partial charge in [-0.25, -0.2) is 4.79 Å². The number of benzene rings is 1. The summed E-state index contributed by atoms with van der Waals surface area (Å²) < 4.78 is 6.04. The average molecular weight is 216 g/mol. The van der Waals surface area contributed by atoms with E-state index in [1.54, 1.807) is 19.2 Å². The Balaban J connectivity index is 2.23. The Labute approximate surface area is 93.5 Å². The number of rotatable bonds is 2. The first-order valence-corrected chi connectivity index (χ1v) is 5.09. The first-order valence-electron chi connectivity index (χ1n) is 5.09. The summed E-state index contributed by atoms with van der Waals surface area (Å²) in [5.74, 6) is 0. The summed E-state index contributed by atoms with van der Waals surface area (Å²) in [7, 11) is 0. The molecule has 0 saturated carbocycles. The predicted octanol–water partition coefficient (Wildman–Crippen LogP) is 2.55. The molecular formula is C12H12N2O2. The number of hydrogen-bond acceptors (Lipinski definition) is 3. The van der Waals surface area contributed by atoms with Gasteiger partial charge in [0.15, 0.2) is 0 Å². The van der Waals surface area contributed by atoms with E-state index in [0.29, 0.717) is 6.61 Å². The van der Waals surface area contributed by atoms with Crippen LogP contribution >= 0.6 is 0 Å². The molecule has 4 heteroatoms.